The summed E-state index contributed by atoms with van der Waals surface area (Å²) in [6, 6.07) is 3.15. The summed E-state index contributed by atoms with van der Waals surface area (Å²) in [6.45, 7) is 3.27. The first kappa shape index (κ1) is 15.6. The van der Waals surface area contributed by atoms with Gasteiger partial charge in [-0.25, -0.2) is 9.37 Å². The molecule has 1 amide bonds. The number of nitrogens with zero attached hydrogens (tertiary/aromatic N) is 2. The van der Waals surface area contributed by atoms with Crippen LogP contribution in [-0.4, -0.2) is 33.4 Å². The first-order valence-corrected chi connectivity index (χ1v) is 8.75. The number of hydrogen-bond donors (Lipinski definition) is 2. The van der Waals surface area contributed by atoms with Crippen molar-refractivity contribution in [2.45, 2.75) is 57.0 Å². The quantitative estimate of drug-likeness (QED) is 0.908. The van der Waals surface area contributed by atoms with E-state index in [0.717, 1.165) is 25.2 Å². The molecule has 1 saturated heterocycles. The maximum Gasteiger partial charge on any atom is 0.251 e. The summed E-state index contributed by atoms with van der Waals surface area (Å²) in [6.07, 6.45) is 7.18. The van der Waals surface area contributed by atoms with Gasteiger partial charge in [-0.2, -0.15) is 0 Å². The number of H-pyrrole nitrogens is 1. The van der Waals surface area contributed by atoms with E-state index in [9.17, 15) is 9.18 Å². The van der Waals surface area contributed by atoms with Gasteiger partial charge in [0.25, 0.3) is 5.91 Å². The molecule has 2 heterocycles. The second-order valence-corrected chi connectivity index (χ2v) is 7.31. The number of nitrogens with two attached hydrogens (primary N) is 1. The van der Waals surface area contributed by atoms with Crippen LogP contribution in [0, 0.1) is 5.82 Å². The van der Waals surface area contributed by atoms with Crippen molar-refractivity contribution < 1.29 is 9.18 Å². The molecule has 4 rings (SSSR count). The predicted octanol–water partition coefficient (Wildman–Crippen LogP) is 3.05. The lowest BCUT2D eigenvalue weighted by Gasteiger charge is -2.38. The molecule has 1 aliphatic carbocycles. The van der Waals surface area contributed by atoms with Gasteiger partial charge in [-0.05, 0) is 51.3 Å². The molecule has 128 valence electrons. The van der Waals surface area contributed by atoms with E-state index in [-0.39, 0.29) is 11.1 Å². The molecule has 1 atom stereocenters. The summed E-state index contributed by atoms with van der Waals surface area (Å²) in [5.41, 5.74) is 6.36. The minimum atomic E-state index is -0.651. The Morgan fingerprint density at radius 2 is 2.12 bits per heavy atom. The van der Waals surface area contributed by atoms with Gasteiger partial charge in [0.15, 0.2) is 0 Å². The Labute approximate surface area is 140 Å². The van der Waals surface area contributed by atoms with Crippen LogP contribution in [0.5, 0.6) is 0 Å². The Hall–Kier alpha value is -1.95. The van der Waals surface area contributed by atoms with Crippen LogP contribution in [0.1, 0.15) is 61.6 Å². The second kappa shape index (κ2) is 5.55. The molecular formula is C18H23FN4O. The summed E-state index contributed by atoms with van der Waals surface area (Å²) < 4.78 is 13.8. The van der Waals surface area contributed by atoms with Crippen molar-refractivity contribution in [1.29, 1.82) is 0 Å². The van der Waals surface area contributed by atoms with Gasteiger partial charge >= 0.3 is 0 Å². The van der Waals surface area contributed by atoms with Crippen molar-refractivity contribution in [1.82, 2.24) is 14.9 Å². The number of nitrogens with one attached hydrogen (secondary N) is 1. The zero-order valence-corrected chi connectivity index (χ0v) is 13.9. The molecule has 2 aliphatic rings. The van der Waals surface area contributed by atoms with E-state index < -0.39 is 11.7 Å². The van der Waals surface area contributed by atoms with Crippen LogP contribution in [0.15, 0.2) is 12.1 Å². The van der Waals surface area contributed by atoms with Gasteiger partial charge in [0.1, 0.15) is 17.2 Å². The monoisotopic (exact) mass is 330 g/mol. The van der Waals surface area contributed by atoms with Gasteiger partial charge in [-0.15, -0.1) is 0 Å². The molecule has 2 aromatic rings. The number of carbonyl (C=O) groups excluding carboxylic acids is 1. The maximum atomic E-state index is 13.8. The van der Waals surface area contributed by atoms with Crippen molar-refractivity contribution in [2.75, 3.05) is 6.54 Å². The van der Waals surface area contributed by atoms with E-state index in [1.807, 2.05) is 0 Å². The van der Waals surface area contributed by atoms with E-state index >= 15 is 0 Å². The molecule has 5 nitrogen and oxygen atoms in total. The molecule has 1 aliphatic heterocycles. The van der Waals surface area contributed by atoms with Crippen LogP contribution in [0.2, 0.25) is 0 Å². The Morgan fingerprint density at radius 3 is 2.83 bits per heavy atom. The third-order valence-corrected chi connectivity index (χ3v) is 5.79. The highest BCUT2D eigenvalue weighted by Crippen LogP contribution is 2.42. The van der Waals surface area contributed by atoms with Gasteiger partial charge in [-0.1, -0.05) is 12.8 Å². The molecule has 6 heteroatoms. The van der Waals surface area contributed by atoms with Crippen molar-refractivity contribution >= 4 is 16.9 Å². The van der Waals surface area contributed by atoms with E-state index in [2.05, 4.69) is 21.8 Å². The average molecular weight is 330 g/mol. The minimum Gasteiger partial charge on any atom is -0.366 e. The number of hydrogen-bond acceptors (Lipinski definition) is 3. The third-order valence-electron chi connectivity index (χ3n) is 5.79. The fourth-order valence-electron chi connectivity index (χ4n) is 4.57. The standard InChI is InChI=1S/C18H23FN4O/c1-18(7-4-8-23(18)12-5-2-3-6-12)17-21-14-10-11(19)9-13(16(20)24)15(14)22-17/h9-10,12H,2-8H2,1H3,(H2,20,24)(H,21,22)/t18-/m1/s1. The lowest BCUT2D eigenvalue weighted by atomic mass is 9.96. The molecular weight excluding hydrogens is 307 g/mol. The summed E-state index contributed by atoms with van der Waals surface area (Å²) >= 11 is 0. The molecule has 0 spiro atoms. The molecule has 0 bridgehead atoms. The number of carbonyl (C=O) groups is 1. The molecule has 24 heavy (non-hydrogen) atoms. The van der Waals surface area contributed by atoms with Crippen LogP contribution >= 0.6 is 0 Å². The van der Waals surface area contributed by atoms with Gasteiger partial charge < -0.3 is 10.7 Å². The smallest absolute Gasteiger partial charge is 0.251 e. The molecule has 2 fully saturated rings. The van der Waals surface area contributed by atoms with Crippen LogP contribution in [0.25, 0.3) is 11.0 Å². The van der Waals surface area contributed by atoms with Gasteiger partial charge in [0.2, 0.25) is 0 Å². The Kier molecular flexibility index (Phi) is 3.60. The van der Waals surface area contributed by atoms with Crippen molar-refractivity contribution in [3.8, 4) is 0 Å². The molecule has 1 saturated carbocycles. The fourth-order valence-corrected chi connectivity index (χ4v) is 4.57. The lowest BCUT2D eigenvalue weighted by Crippen LogP contribution is -2.45. The Balaban J connectivity index is 1.80. The van der Waals surface area contributed by atoms with Gasteiger partial charge in [0.05, 0.1) is 16.6 Å². The molecule has 0 unspecified atom stereocenters. The number of aromatic amines is 1. The van der Waals surface area contributed by atoms with Crippen molar-refractivity contribution in [3.05, 3.63) is 29.3 Å². The normalized spacial score (nSPS) is 25.8. The van der Waals surface area contributed by atoms with Crippen molar-refractivity contribution in [3.63, 3.8) is 0 Å². The van der Waals surface area contributed by atoms with Crippen LogP contribution < -0.4 is 5.73 Å². The zero-order valence-electron chi connectivity index (χ0n) is 13.9. The molecule has 1 aromatic heterocycles. The highest BCUT2D eigenvalue weighted by Gasteiger charge is 2.44. The number of benzene rings is 1. The molecule has 1 aromatic carbocycles. The lowest BCUT2D eigenvalue weighted by molar-refractivity contribution is 0.0947. The topological polar surface area (TPSA) is 75.0 Å². The van der Waals surface area contributed by atoms with E-state index in [1.54, 1.807) is 0 Å². The first-order chi connectivity index (χ1) is 11.5. The highest BCUT2D eigenvalue weighted by atomic mass is 19.1. The maximum absolute atomic E-state index is 13.8. The number of imidazole rings is 1. The zero-order chi connectivity index (χ0) is 16.9. The number of aromatic nitrogens is 2. The number of primary amides is 1. The highest BCUT2D eigenvalue weighted by molar-refractivity contribution is 6.04. The van der Waals surface area contributed by atoms with Gasteiger partial charge in [0, 0.05) is 6.04 Å². The summed E-state index contributed by atoms with van der Waals surface area (Å²) in [4.78, 5) is 22.1. The Morgan fingerprint density at radius 1 is 1.38 bits per heavy atom. The second-order valence-electron chi connectivity index (χ2n) is 7.31. The Bertz CT molecular complexity index is 796. The van der Waals surface area contributed by atoms with Crippen molar-refractivity contribution in [2.24, 2.45) is 5.73 Å². The number of rotatable bonds is 3. The van der Waals surface area contributed by atoms with E-state index in [4.69, 9.17) is 5.73 Å². The first-order valence-electron chi connectivity index (χ1n) is 8.75. The van der Waals surface area contributed by atoms with Crippen LogP contribution in [-0.2, 0) is 5.54 Å². The largest absolute Gasteiger partial charge is 0.366 e. The number of fused-ring (bicyclic) bond motifs is 1. The molecule has 0 radical (unpaired) electrons. The molecule has 3 N–H and O–H groups in total. The summed E-state index contributed by atoms with van der Waals surface area (Å²) in [5, 5.41) is 0. The third kappa shape index (κ3) is 2.32. The van der Waals surface area contributed by atoms with Crippen LogP contribution in [0.3, 0.4) is 0 Å². The number of halogens is 1. The fraction of sp³-hybridized carbons (Fsp3) is 0.556. The SMILES string of the molecule is C[C@]1(c2nc3c(C(N)=O)cc(F)cc3[nH]2)CCCN1C1CCCC1. The average Bonchev–Trinajstić information content (AvgIpc) is 3.24. The summed E-state index contributed by atoms with van der Waals surface area (Å²) in [7, 11) is 0. The predicted molar refractivity (Wildman–Crippen MR) is 90.1 cm³/mol. The number of amides is 1. The number of likely N-dealkylation sites (tertiary alicyclic amines) is 1. The van der Waals surface area contributed by atoms with Gasteiger partial charge in [-0.3, -0.25) is 9.69 Å². The van der Waals surface area contributed by atoms with E-state index in [1.165, 1.54) is 37.8 Å². The minimum absolute atomic E-state index is 0.140. The van der Waals surface area contributed by atoms with E-state index in [0.29, 0.717) is 17.1 Å². The summed E-state index contributed by atoms with van der Waals surface area (Å²) in [5.74, 6) is -0.313. The van der Waals surface area contributed by atoms with Crippen LogP contribution in [0.4, 0.5) is 4.39 Å².